The van der Waals surface area contributed by atoms with E-state index in [1.807, 2.05) is 30.3 Å². The van der Waals surface area contributed by atoms with E-state index in [-0.39, 0.29) is 0 Å². The van der Waals surface area contributed by atoms with Crippen molar-refractivity contribution in [2.75, 3.05) is 5.32 Å². The Morgan fingerprint density at radius 1 is 0.682 bits per heavy atom. The number of nitrogens with zero attached hydrogens (tertiary/aromatic N) is 4. The first-order valence-corrected chi connectivity index (χ1v) is 7.19. The predicted octanol–water partition coefficient (Wildman–Crippen LogP) is 4.66. The van der Waals surface area contributed by atoms with E-state index in [9.17, 15) is 0 Å². The quantitative estimate of drug-likeness (QED) is 0.678. The molecular formula is C14H10Cl3N5. The molecule has 0 spiro atoms. The summed E-state index contributed by atoms with van der Waals surface area (Å²) >= 11 is 16.5. The molecular weight excluding hydrogens is 345 g/mol. The predicted molar refractivity (Wildman–Crippen MR) is 88.8 cm³/mol. The second-order valence-corrected chi connectivity index (χ2v) is 5.04. The van der Waals surface area contributed by atoms with E-state index in [1.54, 1.807) is 6.07 Å². The number of hydrogen-bond donors (Lipinski definition) is 1. The maximum absolute atomic E-state index is 5.72. The average molecular weight is 355 g/mol. The van der Waals surface area contributed by atoms with Crippen molar-refractivity contribution in [3.8, 4) is 0 Å². The molecule has 1 aromatic carbocycles. The van der Waals surface area contributed by atoms with Crippen LogP contribution in [0.1, 0.15) is 0 Å². The highest BCUT2D eigenvalue weighted by Gasteiger charge is 1.96. The van der Waals surface area contributed by atoms with E-state index in [0.29, 0.717) is 21.3 Å². The van der Waals surface area contributed by atoms with Gasteiger partial charge in [0.2, 0.25) is 0 Å². The normalized spacial score (nSPS) is 9.59. The van der Waals surface area contributed by atoms with Crippen molar-refractivity contribution >= 4 is 46.3 Å². The lowest BCUT2D eigenvalue weighted by Crippen LogP contribution is -1.93. The van der Waals surface area contributed by atoms with Gasteiger partial charge >= 0.3 is 0 Å². The Balaban J connectivity index is 0.000000188. The van der Waals surface area contributed by atoms with Crippen LogP contribution in [0.4, 0.5) is 11.5 Å². The number of hydrogen-bond acceptors (Lipinski definition) is 5. The van der Waals surface area contributed by atoms with E-state index >= 15 is 0 Å². The molecule has 112 valence electrons. The summed E-state index contributed by atoms with van der Waals surface area (Å²) in [6.07, 6.45) is 2.73. The molecule has 0 radical (unpaired) electrons. The number of anilines is 2. The monoisotopic (exact) mass is 353 g/mol. The van der Waals surface area contributed by atoms with Crippen LogP contribution in [0.2, 0.25) is 15.5 Å². The molecule has 0 amide bonds. The van der Waals surface area contributed by atoms with Crippen LogP contribution in [0.25, 0.3) is 0 Å². The topological polar surface area (TPSA) is 63.6 Å². The Bertz CT molecular complexity index is 707. The van der Waals surface area contributed by atoms with E-state index in [2.05, 4.69) is 25.3 Å². The summed E-state index contributed by atoms with van der Waals surface area (Å²) < 4.78 is 0. The summed E-state index contributed by atoms with van der Waals surface area (Å²) in [5, 5.41) is 4.27. The van der Waals surface area contributed by atoms with Gasteiger partial charge in [-0.25, -0.2) is 19.9 Å². The SMILES string of the molecule is Clc1cc(Cl)ncn1.Clc1cc(Nc2ccccc2)ncn1. The Kier molecular flexibility index (Phi) is 6.33. The average Bonchev–Trinajstić information content (AvgIpc) is 2.49. The number of aromatic nitrogens is 4. The molecule has 0 atom stereocenters. The minimum Gasteiger partial charge on any atom is -0.340 e. The molecule has 0 saturated heterocycles. The third-order valence-electron chi connectivity index (χ3n) is 2.28. The fourth-order valence-electron chi connectivity index (χ4n) is 1.38. The molecule has 0 aliphatic carbocycles. The molecule has 0 fully saturated rings. The van der Waals surface area contributed by atoms with Crippen LogP contribution in [0.3, 0.4) is 0 Å². The molecule has 0 aliphatic heterocycles. The molecule has 2 heterocycles. The zero-order valence-electron chi connectivity index (χ0n) is 11.1. The lowest BCUT2D eigenvalue weighted by atomic mass is 10.3. The summed E-state index contributed by atoms with van der Waals surface area (Å²) in [5.41, 5.74) is 0.974. The number of nitrogens with one attached hydrogen (secondary N) is 1. The Labute approximate surface area is 142 Å². The van der Waals surface area contributed by atoms with Crippen LogP contribution in [0.15, 0.2) is 55.1 Å². The number of para-hydroxylation sites is 1. The lowest BCUT2D eigenvalue weighted by Gasteiger charge is -2.03. The van der Waals surface area contributed by atoms with E-state index in [0.717, 1.165) is 5.69 Å². The maximum Gasteiger partial charge on any atom is 0.135 e. The highest BCUT2D eigenvalue weighted by molar-refractivity contribution is 6.33. The van der Waals surface area contributed by atoms with Gasteiger partial charge in [-0.05, 0) is 12.1 Å². The van der Waals surface area contributed by atoms with Crippen LogP contribution in [-0.2, 0) is 0 Å². The summed E-state index contributed by atoms with van der Waals surface area (Å²) in [6.45, 7) is 0. The van der Waals surface area contributed by atoms with Crippen LogP contribution >= 0.6 is 34.8 Å². The van der Waals surface area contributed by atoms with Gasteiger partial charge in [-0.2, -0.15) is 0 Å². The van der Waals surface area contributed by atoms with Gasteiger partial charge < -0.3 is 5.32 Å². The minimum atomic E-state index is 0.366. The van der Waals surface area contributed by atoms with Crippen molar-refractivity contribution in [1.82, 2.24) is 19.9 Å². The molecule has 22 heavy (non-hydrogen) atoms. The van der Waals surface area contributed by atoms with Gasteiger partial charge in [0, 0.05) is 17.8 Å². The van der Waals surface area contributed by atoms with E-state index in [4.69, 9.17) is 34.8 Å². The second-order valence-electron chi connectivity index (χ2n) is 3.88. The van der Waals surface area contributed by atoms with Crippen molar-refractivity contribution in [3.05, 3.63) is 70.6 Å². The van der Waals surface area contributed by atoms with Crippen molar-refractivity contribution in [2.24, 2.45) is 0 Å². The minimum absolute atomic E-state index is 0.366. The zero-order valence-corrected chi connectivity index (χ0v) is 13.4. The third kappa shape index (κ3) is 5.81. The van der Waals surface area contributed by atoms with E-state index in [1.165, 1.54) is 18.7 Å². The Morgan fingerprint density at radius 3 is 1.73 bits per heavy atom. The molecule has 1 N–H and O–H groups in total. The van der Waals surface area contributed by atoms with Gasteiger partial charge in [0.1, 0.15) is 33.9 Å². The van der Waals surface area contributed by atoms with Crippen LogP contribution in [0, 0.1) is 0 Å². The summed E-state index contributed by atoms with van der Waals surface area (Å²) in [4.78, 5) is 15.0. The molecule has 0 aliphatic rings. The van der Waals surface area contributed by atoms with Gasteiger partial charge in [-0.3, -0.25) is 0 Å². The molecule has 0 saturated carbocycles. The molecule has 5 nitrogen and oxygen atoms in total. The van der Waals surface area contributed by atoms with Crippen molar-refractivity contribution in [3.63, 3.8) is 0 Å². The van der Waals surface area contributed by atoms with E-state index < -0.39 is 0 Å². The first-order valence-electron chi connectivity index (χ1n) is 6.06. The van der Waals surface area contributed by atoms with Gasteiger partial charge in [0.25, 0.3) is 0 Å². The number of benzene rings is 1. The molecule has 3 aromatic rings. The summed E-state index contributed by atoms with van der Waals surface area (Å²) in [6, 6.07) is 12.9. The highest BCUT2D eigenvalue weighted by Crippen LogP contribution is 2.15. The van der Waals surface area contributed by atoms with Gasteiger partial charge in [0.05, 0.1) is 0 Å². The van der Waals surface area contributed by atoms with Gasteiger partial charge in [-0.1, -0.05) is 53.0 Å². The van der Waals surface area contributed by atoms with Crippen LogP contribution in [-0.4, -0.2) is 19.9 Å². The Hall–Kier alpha value is -1.95. The number of rotatable bonds is 2. The summed E-state index contributed by atoms with van der Waals surface area (Å²) in [5.74, 6) is 0.691. The molecule has 0 bridgehead atoms. The fraction of sp³-hybridized carbons (Fsp3) is 0. The molecule has 0 unspecified atom stereocenters. The van der Waals surface area contributed by atoms with Gasteiger partial charge in [0.15, 0.2) is 0 Å². The first-order chi connectivity index (χ1) is 10.6. The van der Waals surface area contributed by atoms with Crippen molar-refractivity contribution in [1.29, 1.82) is 0 Å². The number of halogens is 3. The highest BCUT2D eigenvalue weighted by atomic mass is 35.5. The molecule has 2 aromatic heterocycles. The lowest BCUT2D eigenvalue weighted by molar-refractivity contribution is 1.17. The third-order valence-corrected chi connectivity index (χ3v) is 2.90. The van der Waals surface area contributed by atoms with Crippen molar-refractivity contribution < 1.29 is 0 Å². The standard InChI is InChI=1S/C10H8ClN3.C4H2Cl2N2/c11-9-6-10(13-7-12-9)14-8-4-2-1-3-5-8;5-3-1-4(6)8-2-7-3/h1-7H,(H,12,13,14);1-2H. The van der Waals surface area contributed by atoms with Gasteiger partial charge in [-0.15, -0.1) is 0 Å². The fourth-order valence-corrected chi connectivity index (χ4v) is 1.88. The van der Waals surface area contributed by atoms with Crippen LogP contribution < -0.4 is 5.32 Å². The molecule has 8 heteroatoms. The first kappa shape index (κ1) is 16.4. The zero-order chi connectivity index (χ0) is 15.8. The maximum atomic E-state index is 5.72. The van der Waals surface area contributed by atoms with Crippen molar-refractivity contribution in [2.45, 2.75) is 0 Å². The second kappa shape index (κ2) is 8.48. The largest absolute Gasteiger partial charge is 0.340 e. The molecule has 3 rings (SSSR count). The van der Waals surface area contributed by atoms with Crippen LogP contribution in [0.5, 0.6) is 0 Å². The smallest absolute Gasteiger partial charge is 0.135 e. The Morgan fingerprint density at radius 2 is 1.23 bits per heavy atom. The summed E-state index contributed by atoms with van der Waals surface area (Å²) in [7, 11) is 0.